The fourth-order valence-electron chi connectivity index (χ4n) is 2.89. The van der Waals surface area contributed by atoms with Crippen molar-refractivity contribution in [3.05, 3.63) is 66.0 Å². The number of aryl methyl sites for hydroxylation is 1. The molecule has 0 saturated carbocycles. The molecule has 0 radical (unpaired) electrons. The second-order valence-corrected chi connectivity index (χ2v) is 6.07. The minimum atomic E-state index is 0.0389. The van der Waals surface area contributed by atoms with Gasteiger partial charge in [-0.25, -0.2) is 9.97 Å². The molecule has 0 atom stereocenters. The molecule has 2 N–H and O–H groups in total. The van der Waals surface area contributed by atoms with Crippen molar-refractivity contribution in [1.82, 2.24) is 9.97 Å². The van der Waals surface area contributed by atoms with E-state index in [1.165, 1.54) is 5.56 Å². The van der Waals surface area contributed by atoms with E-state index in [9.17, 15) is 4.79 Å². The Morgan fingerprint density at radius 3 is 2.52 bits per heavy atom. The molecule has 1 aliphatic rings. The highest BCUT2D eigenvalue weighted by atomic mass is 16.1. The van der Waals surface area contributed by atoms with Crippen molar-refractivity contribution in [3.8, 4) is 11.1 Å². The van der Waals surface area contributed by atoms with Crippen molar-refractivity contribution in [1.29, 1.82) is 0 Å². The van der Waals surface area contributed by atoms with Crippen molar-refractivity contribution < 1.29 is 4.79 Å². The van der Waals surface area contributed by atoms with Crippen LogP contribution in [0.3, 0.4) is 0 Å². The molecule has 0 bridgehead atoms. The lowest BCUT2D eigenvalue weighted by Crippen LogP contribution is -2.03. The van der Waals surface area contributed by atoms with E-state index < -0.39 is 0 Å². The van der Waals surface area contributed by atoms with Gasteiger partial charge in [0.2, 0.25) is 11.9 Å². The number of hydrogen-bond acceptors (Lipinski definition) is 4. The number of carbonyl (C=O) groups excluding carboxylic acids is 1. The normalized spacial score (nSPS) is 12.6. The minimum Gasteiger partial charge on any atom is -0.326 e. The van der Waals surface area contributed by atoms with Gasteiger partial charge in [0, 0.05) is 29.3 Å². The maximum Gasteiger partial charge on any atom is 0.228 e. The van der Waals surface area contributed by atoms with Crippen LogP contribution in [0, 0.1) is 0 Å². The molecule has 0 fully saturated rings. The number of hydrogen-bond donors (Lipinski definition) is 2. The van der Waals surface area contributed by atoms with Crippen molar-refractivity contribution in [3.63, 3.8) is 0 Å². The number of nitrogens with zero attached hydrogens (tertiary/aromatic N) is 2. The van der Waals surface area contributed by atoms with Gasteiger partial charge >= 0.3 is 0 Å². The monoisotopic (exact) mass is 330 g/mol. The number of amides is 1. The number of aromatic nitrogens is 2. The minimum absolute atomic E-state index is 0.0389. The van der Waals surface area contributed by atoms with E-state index in [-0.39, 0.29) is 5.91 Å². The summed E-state index contributed by atoms with van der Waals surface area (Å²) >= 11 is 0. The smallest absolute Gasteiger partial charge is 0.228 e. The summed E-state index contributed by atoms with van der Waals surface area (Å²) in [6.07, 6.45) is 5.04. The SMILES string of the molecule is CCc1ccc(Nc2ncc(-c3ccc4c(c3)NC(=O)C4)cn2)cc1. The van der Waals surface area contributed by atoms with Gasteiger partial charge in [-0.3, -0.25) is 4.79 Å². The summed E-state index contributed by atoms with van der Waals surface area (Å²) in [6, 6.07) is 14.2. The van der Waals surface area contributed by atoms with Crippen LogP contribution in [0.4, 0.5) is 17.3 Å². The molecule has 2 aromatic carbocycles. The standard InChI is InChI=1S/C20H18N4O/c1-2-13-3-7-17(8-4-13)23-20-21-11-16(12-22-20)14-5-6-15-10-19(25)24-18(15)9-14/h3-9,11-12H,2,10H2,1H3,(H,24,25)(H,21,22,23). The van der Waals surface area contributed by atoms with Crippen molar-refractivity contribution in [2.45, 2.75) is 19.8 Å². The van der Waals surface area contributed by atoms with Gasteiger partial charge in [0.25, 0.3) is 0 Å². The zero-order valence-electron chi connectivity index (χ0n) is 13.9. The van der Waals surface area contributed by atoms with E-state index in [2.05, 4.69) is 39.7 Å². The number of fused-ring (bicyclic) bond motifs is 1. The van der Waals surface area contributed by atoms with E-state index >= 15 is 0 Å². The van der Waals surface area contributed by atoms with E-state index in [4.69, 9.17) is 0 Å². The van der Waals surface area contributed by atoms with E-state index in [0.717, 1.165) is 34.5 Å². The van der Waals surface area contributed by atoms with Gasteiger partial charge in [-0.2, -0.15) is 0 Å². The Labute approximate surface area is 146 Å². The van der Waals surface area contributed by atoms with Crippen LogP contribution >= 0.6 is 0 Å². The topological polar surface area (TPSA) is 66.9 Å². The lowest BCUT2D eigenvalue weighted by Gasteiger charge is -2.07. The number of anilines is 3. The first-order valence-corrected chi connectivity index (χ1v) is 8.32. The Kier molecular flexibility index (Phi) is 3.90. The van der Waals surface area contributed by atoms with Crippen LogP contribution in [-0.2, 0) is 17.6 Å². The highest BCUT2D eigenvalue weighted by Gasteiger charge is 2.17. The van der Waals surface area contributed by atoms with E-state index in [0.29, 0.717) is 12.4 Å². The summed E-state index contributed by atoms with van der Waals surface area (Å²) in [5, 5.41) is 6.07. The van der Waals surface area contributed by atoms with Gasteiger partial charge in [0.15, 0.2) is 0 Å². The zero-order valence-corrected chi connectivity index (χ0v) is 13.9. The van der Waals surface area contributed by atoms with Crippen LogP contribution in [-0.4, -0.2) is 15.9 Å². The average Bonchev–Trinajstić information content (AvgIpc) is 3.02. The predicted octanol–water partition coefficient (Wildman–Crippen LogP) is 3.94. The number of rotatable bonds is 4. The molecule has 0 unspecified atom stereocenters. The Balaban J connectivity index is 1.52. The molecule has 5 nitrogen and oxygen atoms in total. The molecule has 0 spiro atoms. The molecule has 25 heavy (non-hydrogen) atoms. The Bertz CT molecular complexity index is 917. The maximum atomic E-state index is 11.5. The number of carbonyl (C=O) groups is 1. The third-order valence-electron chi connectivity index (χ3n) is 4.34. The third kappa shape index (κ3) is 3.21. The van der Waals surface area contributed by atoms with Crippen molar-refractivity contribution in [2.75, 3.05) is 10.6 Å². The molecule has 5 heteroatoms. The lowest BCUT2D eigenvalue weighted by molar-refractivity contribution is -0.115. The van der Waals surface area contributed by atoms with Crippen molar-refractivity contribution >= 4 is 23.2 Å². The van der Waals surface area contributed by atoms with Gasteiger partial charge in [-0.1, -0.05) is 31.2 Å². The fraction of sp³-hybridized carbons (Fsp3) is 0.150. The first kappa shape index (κ1) is 15.3. The average molecular weight is 330 g/mol. The second kappa shape index (κ2) is 6.36. The highest BCUT2D eigenvalue weighted by molar-refractivity contribution is 5.99. The van der Waals surface area contributed by atoms with Crippen LogP contribution < -0.4 is 10.6 Å². The van der Waals surface area contributed by atoms with Crippen LogP contribution in [0.5, 0.6) is 0 Å². The van der Waals surface area contributed by atoms with Gasteiger partial charge in [-0.15, -0.1) is 0 Å². The maximum absolute atomic E-state index is 11.5. The molecule has 1 aliphatic heterocycles. The quantitative estimate of drug-likeness (QED) is 0.760. The van der Waals surface area contributed by atoms with Gasteiger partial charge in [0.05, 0.1) is 6.42 Å². The number of benzene rings is 2. The van der Waals surface area contributed by atoms with Gasteiger partial charge < -0.3 is 10.6 Å². The Morgan fingerprint density at radius 2 is 1.80 bits per heavy atom. The Morgan fingerprint density at radius 1 is 1.04 bits per heavy atom. The van der Waals surface area contributed by atoms with Crippen LogP contribution in [0.25, 0.3) is 11.1 Å². The van der Waals surface area contributed by atoms with E-state index in [1.807, 2.05) is 30.3 Å². The summed E-state index contributed by atoms with van der Waals surface area (Å²) in [5.74, 6) is 0.597. The molecule has 0 aliphatic carbocycles. The summed E-state index contributed by atoms with van der Waals surface area (Å²) < 4.78 is 0. The zero-order chi connectivity index (χ0) is 17.2. The van der Waals surface area contributed by atoms with E-state index in [1.54, 1.807) is 12.4 Å². The Hall–Kier alpha value is -3.21. The summed E-state index contributed by atoms with van der Waals surface area (Å²) in [5.41, 5.74) is 6.07. The molecular formula is C20H18N4O. The van der Waals surface area contributed by atoms with Crippen molar-refractivity contribution in [2.24, 2.45) is 0 Å². The summed E-state index contributed by atoms with van der Waals surface area (Å²) in [6.45, 7) is 2.13. The predicted molar refractivity (Wildman–Crippen MR) is 98.9 cm³/mol. The highest BCUT2D eigenvalue weighted by Crippen LogP contribution is 2.29. The molecule has 4 rings (SSSR count). The molecule has 0 saturated heterocycles. The number of nitrogens with one attached hydrogen (secondary N) is 2. The van der Waals surface area contributed by atoms with Gasteiger partial charge in [0.1, 0.15) is 0 Å². The fourth-order valence-corrected chi connectivity index (χ4v) is 2.89. The second-order valence-electron chi connectivity index (χ2n) is 6.07. The first-order valence-electron chi connectivity index (χ1n) is 8.32. The molecule has 3 aromatic rings. The molecular weight excluding hydrogens is 312 g/mol. The molecule has 1 amide bonds. The first-order chi connectivity index (χ1) is 12.2. The molecule has 2 heterocycles. The molecule has 124 valence electrons. The third-order valence-corrected chi connectivity index (χ3v) is 4.34. The largest absolute Gasteiger partial charge is 0.326 e. The lowest BCUT2D eigenvalue weighted by atomic mass is 10.1. The van der Waals surface area contributed by atoms with Crippen LogP contribution in [0.1, 0.15) is 18.1 Å². The van der Waals surface area contributed by atoms with Crippen LogP contribution in [0.2, 0.25) is 0 Å². The van der Waals surface area contributed by atoms with Gasteiger partial charge in [-0.05, 0) is 41.3 Å². The summed E-state index contributed by atoms with van der Waals surface area (Å²) in [4.78, 5) is 20.2. The van der Waals surface area contributed by atoms with Crippen LogP contribution in [0.15, 0.2) is 54.9 Å². The molecule has 1 aromatic heterocycles. The summed E-state index contributed by atoms with van der Waals surface area (Å²) in [7, 11) is 0.